The molecular weight excluding hydrogens is 222 g/mol. The first-order chi connectivity index (χ1) is 7.67. The molecule has 0 radical (unpaired) electrons. The molecule has 3 nitrogen and oxygen atoms in total. The Bertz CT molecular complexity index is 366. The lowest BCUT2D eigenvalue weighted by molar-refractivity contribution is -0.140. The maximum absolute atomic E-state index is 10.9. The van der Waals surface area contributed by atoms with Gasteiger partial charge in [-0.3, -0.25) is 4.79 Å². The summed E-state index contributed by atoms with van der Waals surface area (Å²) < 4.78 is 4.59. The predicted octanol–water partition coefficient (Wildman–Crippen LogP) is 2.49. The molecule has 16 heavy (non-hydrogen) atoms. The van der Waals surface area contributed by atoms with E-state index in [9.17, 15) is 4.79 Å². The van der Waals surface area contributed by atoms with Crippen LogP contribution in [0.2, 0.25) is 0 Å². The number of esters is 1. The van der Waals surface area contributed by atoms with E-state index in [1.165, 1.54) is 12.7 Å². The lowest BCUT2D eigenvalue weighted by Gasteiger charge is -2.06. The highest BCUT2D eigenvalue weighted by Gasteiger charge is 2.03. The van der Waals surface area contributed by atoms with Gasteiger partial charge in [0, 0.05) is 17.0 Å². The van der Waals surface area contributed by atoms with Crippen molar-refractivity contribution in [2.75, 3.05) is 19.1 Å². The van der Waals surface area contributed by atoms with Crippen molar-refractivity contribution in [1.29, 1.82) is 0 Å². The van der Waals surface area contributed by atoms with E-state index in [2.05, 4.69) is 10.8 Å². The molecule has 0 spiro atoms. The van der Waals surface area contributed by atoms with E-state index in [0.717, 1.165) is 23.4 Å². The Hall–Kier alpha value is -1.16. The van der Waals surface area contributed by atoms with Crippen molar-refractivity contribution >= 4 is 23.4 Å². The van der Waals surface area contributed by atoms with Gasteiger partial charge in [0.05, 0.1) is 7.11 Å². The Morgan fingerprint density at radius 2 is 2.25 bits per heavy atom. The second-order valence-corrected chi connectivity index (χ2v) is 4.35. The average molecular weight is 239 g/mol. The van der Waals surface area contributed by atoms with Gasteiger partial charge in [-0.2, -0.15) is 0 Å². The number of benzene rings is 1. The zero-order valence-electron chi connectivity index (χ0n) is 9.66. The lowest BCUT2D eigenvalue weighted by atomic mass is 10.1. The zero-order chi connectivity index (χ0) is 12.0. The SMILES string of the molecule is COC(=O)CCCc1ccc(N)c(SC)c1. The van der Waals surface area contributed by atoms with Crippen LogP contribution in [0.3, 0.4) is 0 Å². The number of nitrogen functional groups attached to an aromatic ring is 1. The van der Waals surface area contributed by atoms with Gasteiger partial charge >= 0.3 is 5.97 Å². The minimum atomic E-state index is -0.152. The maximum Gasteiger partial charge on any atom is 0.305 e. The molecule has 0 aliphatic heterocycles. The second-order valence-electron chi connectivity index (χ2n) is 3.51. The van der Waals surface area contributed by atoms with E-state index < -0.39 is 0 Å². The molecule has 0 aliphatic carbocycles. The number of carbonyl (C=O) groups excluding carboxylic acids is 1. The summed E-state index contributed by atoms with van der Waals surface area (Å²) in [5, 5.41) is 0. The summed E-state index contributed by atoms with van der Waals surface area (Å²) in [5.41, 5.74) is 7.82. The average Bonchev–Trinajstić information content (AvgIpc) is 2.31. The number of carbonyl (C=O) groups is 1. The van der Waals surface area contributed by atoms with Crippen LogP contribution in [0.4, 0.5) is 5.69 Å². The standard InChI is InChI=1S/C12H17NO2S/c1-15-12(14)5-3-4-9-6-7-10(13)11(8-9)16-2/h6-8H,3-5,13H2,1-2H3. The van der Waals surface area contributed by atoms with Crippen LogP contribution in [0.25, 0.3) is 0 Å². The van der Waals surface area contributed by atoms with Crippen molar-refractivity contribution in [3.05, 3.63) is 23.8 Å². The van der Waals surface area contributed by atoms with Crippen molar-refractivity contribution in [3.8, 4) is 0 Å². The fraction of sp³-hybridized carbons (Fsp3) is 0.417. The van der Waals surface area contributed by atoms with E-state index in [0.29, 0.717) is 6.42 Å². The molecule has 0 aliphatic rings. The number of anilines is 1. The Morgan fingerprint density at radius 1 is 1.50 bits per heavy atom. The summed E-state index contributed by atoms with van der Waals surface area (Å²) in [6, 6.07) is 6.00. The molecule has 0 amide bonds. The van der Waals surface area contributed by atoms with Crippen molar-refractivity contribution in [1.82, 2.24) is 0 Å². The van der Waals surface area contributed by atoms with E-state index >= 15 is 0 Å². The van der Waals surface area contributed by atoms with Crippen LogP contribution in [0.1, 0.15) is 18.4 Å². The van der Waals surface area contributed by atoms with Crippen molar-refractivity contribution < 1.29 is 9.53 Å². The van der Waals surface area contributed by atoms with Crippen LogP contribution in [-0.4, -0.2) is 19.3 Å². The maximum atomic E-state index is 10.9. The summed E-state index contributed by atoms with van der Waals surface area (Å²) in [6.45, 7) is 0. The third-order valence-electron chi connectivity index (χ3n) is 2.37. The first-order valence-electron chi connectivity index (χ1n) is 5.16. The topological polar surface area (TPSA) is 52.3 Å². The number of hydrogen-bond acceptors (Lipinski definition) is 4. The number of ether oxygens (including phenoxy) is 1. The molecule has 0 saturated heterocycles. The molecule has 1 aromatic carbocycles. The molecule has 88 valence electrons. The van der Waals surface area contributed by atoms with Crippen LogP contribution in [0, 0.1) is 0 Å². The number of methoxy groups -OCH3 is 1. The molecule has 0 heterocycles. The largest absolute Gasteiger partial charge is 0.469 e. The van der Waals surface area contributed by atoms with Gasteiger partial charge in [-0.1, -0.05) is 6.07 Å². The normalized spacial score (nSPS) is 10.1. The van der Waals surface area contributed by atoms with Gasteiger partial charge in [0.15, 0.2) is 0 Å². The number of nitrogens with two attached hydrogens (primary N) is 1. The van der Waals surface area contributed by atoms with Gasteiger partial charge in [0.25, 0.3) is 0 Å². The molecule has 0 atom stereocenters. The van der Waals surface area contributed by atoms with Crippen LogP contribution >= 0.6 is 11.8 Å². The number of thioether (sulfide) groups is 1. The highest BCUT2D eigenvalue weighted by molar-refractivity contribution is 7.98. The highest BCUT2D eigenvalue weighted by Crippen LogP contribution is 2.24. The third kappa shape index (κ3) is 3.77. The lowest BCUT2D eigenvalue weighted by Crippen LogP contribution is -2.00. The molecule has 0 saturated carbocycles. The molecule has 4 heteroatoms. The summed E-state index contributed by atoms with van der Waals surface area (Å²) in [7, 11) is 1.41. The van der Waals surface area contributed by atoms with E-state index in [1.54, 1.807) is 11.8 Å². The zero-order valence-corrected chi connectivity index (χ0v) is 10.5. The quantitative estimate of drug-likeness (QED) is 0.487. The summed E-state index contributed by atoms with van der Waals surface area (Å²) in [5.74, 6) is -0.152. The fourth-order valence-corrected chi connectivity index (χ4v) is 2.02. The fourth-order valence-electron chi connectivity index (χ4n) is 1.45. The van der Waals surface area contributed by atoms with E-state index in [-0.39, 0.29) is 5.97 Å². The Balaban J connectivity index is 2.51. The highest BCUT2D eigenvalue weighted by atomic mass is 32.2. The van der Waals surface area contributed by atoms with Gasteiger partial charge in [0.2, 0.25) is 0 Å². The van der Waals surface area contributed by atoms with Crippen LogP contribution < -0.4 is 5.73 Å². The molecule has 0 unspecified atom stereocenters. The monoisotopic (exact) mass is 239 g/mol. The van der Waals surface area contributed by atoms with Gasteiger partial charge in [-0.25, -0.2) is 0 Å². The molecule has 1 aromatic rings. The van der Waals surface area contributed by atoms with E-state index in [1.807, 2.05) is 18.4 Å². The van der Waals surface area contributed by atoms with Gasteiger partial charge in [-0.15, -0.1) is 11.8 Å². The molecule has 0 fully saturated rings. The smallest absolute Gasteiger partial charge is 0.305 e. The van der Waals surface area contributed by atoms with Crippen molar-refractivity contribution in [2.24, 2.45) is 0 Å². The van der Waals surface area contributed by atoms with Crippen LogP contribution in [0.15, 0.2) is 23.1 Å². The van der Waals surface area contributed by atoms with Crippen LogP contribution in [0.5, 0.6) is 0 Å². The van der Waals surface area contributed by atoms with E-state index in [4.69, 9.17) is 5.73 Å². The van der Waals surface area contributed by atoms with Crippen molar-refractivity contribution in [2.45, 2.75) is 24.2 Å². The third-order valence-corrected chi connectivity index (χ3v) is 3.17. The van der Waals surface area contributed by atoms with Crippen molar-refractivity contribution in [3.63, 3.8) is 0 Å². The van der Waals surface area contributed by atoms with Gasteiger partial charge < -0.3 is 10.5 Å². The van der Waals surface area contributed by atoms with Gasteiger partial charge in [-0.05, 0) is 36.8 Å². The molecule has 2 N–H and O–H groups in total. The molecule has 0 aromatic heterocycles. The Labute approximate surface area is 100 Å². The first-order valence-corrected chi connectivity index (χ1v) is 6.39. The minimum Gasteiger partial charge on any atom is -0.469 e. The first kappa shape index (κ1) is 12.9. The number of hydrogen-bond donors (Lipinski definition) is 1. The number of rotatable bonds is 5. The molecule has 0 bridgehead atoms. The Kier molecular flexibility index (Phi) is 5.19. The summed E-state index contributed by atoms with van der Waals surface area (Å²) in [4.78, 5) is 12.0. The minimum absolute atomic E-state index is 0.152. The Morgan fingerprint density at radius 3 is 2.88 bits per heavy atom. The molecule has 1 rings (SSSR count). The van der Waals surface area contributed by atoms with Crippen LogP contribution in [-0.2, 0) is 16.0 Å². The summed E-state index contributed by atoms with van der Waals surface area (Å²) >= 11 is 1.64. The second kappa shape index (κ2) is 6.43. The number of aryl methyl sites for hydroxylation is 1. The summed E-state index contributed by atoms with van der Waals surface area (Å²) in [6.07, 6.45) is 4.16. The van der Waals surface area contributed by atoms with Gasteiger partial charge in [0.1, 0.15) is 0 Å². The predicted molar refractivity (Wildman–Crippen MR) is 67.6 cm³/mol. The molecular formula is C12H17NO2S.